The number of aromatic nitrogens is 4. The molecule has 1 saturated carbocycles. The van der Waals surface area contributed by atoms with Crippen molar-refractivity contribution >= 4 is 34.9 Å². The molecule has 0 aromatic carbocycles. The van der Waals surface area contributed by atoms with E-state index in [2.05, 4.69) is 20.3 Å². The zero-order valence-electron chi connectivity index (χ0n) is 24.3. The number of ether oxygens (including phenoxy) is 2. The van der Waals surface area contributed by atoms with E-state index >= 15 is 0 Å². The molecule has 3 saturated heterocycles. The fourth-order valence-corrected chi connectivity index (χ4v) is 6.17. The number of nitrogen functional groups attached to an aromatic ring is 1. The number of aliphatic hydroxyl groups is 2. The Morgan fingerprint density at radius 1 is 1.14 bits per heavy atom. The molecule has 43 heavy (non-hydrogen) atoms. The predicted molar refractivity (Wildman–Crippen MR) is 151 cm³/mol. The third-order valence-corrected chi connectivity index (χ3v) is 9.11. The molecule has 2 aromatic heterocycles. The van der Waals surface area contributed by atoms with Gasteiger partial charge in [0.15, 0.2) is 23.8 Å². The molecule has 3 aliphatic heterocycles. The van der Waals surface area contributed by atoms with Gasteiger partial charge in [0.1, 0.15) is 30.2 Å². The number of likely N-dealkylation sites (tertiary alicyclic amines) is 2. The Bertz CT molecular complexity index is 1360. The number of anilines is 1. The molecule has 6 rings (SSSR count). The van der Waals surface area contributed by atoms with E-state index in [0.29, 0.717) is 55.3 Å². The first-order chi connectivity index (χ1) is 20.7. The van der Waals surface area contributed by atoms with Gasteiger partial charge in [0.05, 0.1) is 12.4 Å². The van der Waals surface area contributed by atoms with Crippen molar-refractivity contribution in [3.05, 3.63) is 12.2 Å². The van der Waals surface area contributed by atoms with E-state index in [0.717, 1.165) is 38.5 Å². The monoisotopic (exact) mass is 600 g/mol. The van der Waals surface area contributed by atoms with Crippen molar-refractivity contribution in [3.63, 3.8) is 0 Å². The van der Waals surface area contributed by atoms with Crippen LogP contribution in [-0.2, 0) is 25.5 Å². The summed E-state index contributed by atoms with van der Waals surface area (Å²) in [5, 5.41) is 24.0. The number of piperidine rings is 1. The number of carbonyl (C=O) groups excluding carboxylic acids is 3. The van der Waals surface area contributed by atoms with Gasteiger partial charge in [0.25, 0.3) is 5.91 Å². The standard InChI is InChI=1S/C28H40N8O7/c1-34-17(7-8-19(34)37)13-42-28(41)35-11-9-15(10-12-35)3-2-4-18-32-24(29)20-25(33-18)36(14-30-20)27-22(39)21(38)23(43-27)26(40)31-16-5-6-16/h14-17,21-23,27,38-39H,2-13H2,1H3,(H,31,40)(H2,29,32,33)/t17?,21?,22-,23-,27+/m0/s1. The van der Waals surface area contributed by atoms with Crippen LogP contribution in [0.5, 0.6) is 0 Å². The average molecular weight is 601 g/mol. The number of imidazole rings is 1. The zero-order chi connectivity index (χ0) is 30.2. The molecule has 1 aliphatic carbocycles. The Morgan fingerprint density at radius 3 is 2.60 bits per heavy atom. The summed E-state index contributed by atoms with van der Waals surface area (Å²) < 4.78 is 12.8. The average Bonchev–Trinajstić information content (AvgIpc) is 3.51. The fourth-order valence-electron chi connectivity index (χ4n) is 6.17. The van der Waals surface area contributed by atoms with Crippen LogP contribution in [-0.4, -0.2) is 115 Å². The largest absolute Gasteiger partial charge is 0.447 e. The summed E-state index contributed by atoms with van der Waals surface area (Å²) >= 11 is 0. The molecule has 4 fully saturated rings. The third kappa shape index (κ3) is 6.24. The van der Waals surface area contributed by atoms with Crippen molar-refractivity contribution in [3.8, 4) is 0 Å². The Kier molecular flexibility index (Phi) is 8.38. The topological polar surface area (TPSA) is 198 Å². The van der Waals surface area contributed by atoms with Crippen LogP contribution in [0.2, 0.25) is 0 Å². The van der Waals surface area contributed by atoms with E-state index in [1.807, 2.05) is 0 Å². The number of nitrogens with two attached hydrogens (primary N) is 1. The van der Waals surface area contributed by atoms with Gasteiger partial charge in [-0.2, -0.15) is 0 Å². The first-order valence-electron chi connectivity index (χ1n) is 15.2. The van der Waals surface area contributed by atoms with E-state index in [1.165, 1.54) is 10.9 Å². The number of rotatable bonds is 9. The lowest BCUT2D eigenvalue weighted by Gasteiger charge is -2.32. The Balaban J connectivity index is 0.999. The van der Waals surface area contributed by atoms with Gasteiger partial charge in [0.2, 0.25) is 5.91 Å². The Morgan fingerprint density at radius 2 is 1.91 bits per heavy atom. The van der Waals surface area contributed by atoms with Crippen LogP contribution in [0.3, 0.4) is 0 Å². The SMILES string of the molecule is CN1C(=O)CCC1COC(=O)N1CCC(CCCc2nc(N)c3ncn([C@@H]4O[C@H](C(=O)NC5CC5)C(O)[C@@H]4O)c3n2)CC1. The van der Waals surface area contributed by atoms with E-state index in [1.54, 1.807) is 16.8 Å². The van der Waals surface area contributed by atoms with Crippen LogP contribution in [0, 0.1) is 5.92 Å². The van der Waals surface area contributed by atoms with Crippen LogP contribution in [0.25, 0.3) is 11.2 Å². The molecule has 5 heterocycles. The fraction of sp³-hybridized carbons (Fsp3) is 0.714. The highest BCUT2D eigenvalue weighted by atomic mass is 16.6. The molecule has 5 N–H and O–H groups in total. The van der Waals surface area contributed by atoms with Crippen molar-refractivity contribution in [2.24, 2.45) is 5.92 Å². The van der Waals surface area contributed by atoms with E-state index in [9.17, 15) is 24.6 Å². The highest BCUT2D eigenvalue weighted by Gasteiger charge is 2.48. The highest BCUT2D eigenvalue weighted by molar-refractivity contribution is 5.83. The second-order valence-electron chi connectivity index (χ2n) is 12.2. The zero-order valence-corrected chi connectivity index (χ0v) is 24.3. The first kappa shape index (κ1) is 29.5. The van der Waals surface area contributed by atoms with Gasteiger partial charge in [-0.3, -0.25) is 14.2 Å². The molecule has 0 bridgehead atoms. The maximum atomic E-state index is 12.5. The van der Waals surface area contributed by atoms with E-state index < -0.39 is 30.4 Å². The summed E-state index contributed by atoms with van der Waals surface area (Å²) in [4.78, 5) is 53.5. The number of aryl methyl sites for hydroxylation is 1. The predicted octanol–water partition coefficient (Wildman–Crippen LogP) is 0.0984. The lowest BCUT2D eigenvalue weighted by molar-refractivity contribution is -0.137. The van der Waals surface area contributed by atoms with Crippen LogP contribution < -0.4 is 11.1 Å². The lowest BCUT2D eigenvalue weighted by Crippen LogP contribution is -2.43. The number of fused-ring (bicyclic) bond motifs is 1. The molecular formula is C28H40N8O7. The number of carbonyl (C=O) groups is 3. The molecule has 234 valence electrons. The van der Waals surface area contributed by atoms with Crippen LogP contribution >= 0.6 is 0 Å². The molecule has 2 unspecified atom stereocenters. The Labute approximate surface area is 248 Å². The number of nitrogens with zero attached hydrogens (tertiary/aromatic N) is 6. The minimum Gasteiger partial charge on any atom is -0.447 e. The molecule has 2 aromatic rings. The van der Waals surface area contributed by atoms with Gasteiger partial charge in [-0.15, -0.1) is 0 Å². The summed E-state index contributed by atoms with van der Waals surface area (Å²) in [5.74, 6) is 0.823. The summed E-state index contributed by atoms with van der Waals surface area (Å²) in [6, 6.07) is 0.0522. The Hall–Kier alpha value is -3.56. The van der Waals surface area contributed by atoms with Gasteiger partial charge in [-0.1, -0.05) is 0 Å². The molecule has 3 amide bonds. The maximum Gasteiger partial charge on any atom is 0.409 e. The van der Waals surface area contributed by atoms with Gasteiger partial charge in [-0.25, -0.2) is 19.7 Å². The molecular weight excluding hydrogens is 560 g/mol. The number of aliphatic hydroxyl groups excluding tert-OH is 2. The molecule has 0 radical (unpaired) electrons. The summed E-state index contributed by atoms with van der Waals surface area (Å²) in [5.41, 5.74) is 6.91. The normalized spacial score (nSPS) is 28.2. The number of hydrogen-bond donors (Lipinski definition) is 4. The maximum absolute atomic E-state index is 12.5. The van der Waals surface area contributed by atoms with Crippen LogP contribution in [0.4, 0.5) is 10.6 Å². The highest BCUT2D eigenvalue weighted by Crippen LogP contribution is 2.33. The van der Waals surface area contributed by atoms with Gasteiger partial charge in [0, 0.05) is 39.0 Å². The minimum atomic E-state index is -1.40. The number of nitrogens with one attached hydrogen (secondary N) is 1. The van der Waals surface area contributed by atoms with Crippen molar-refractivity contribution in [1.29, 1.82) is 0 Å². The molecule has 4 aliphatic rings. The van der Waals surface area contributed by atoms with Gasteiger partial charge < -0.3 is 40.5 Å². The van der Waals surface area contributed by atoms with Crippen molar-refractivity contribution in [2.75, 3.05) is 32.5 Å². The number of likely N-dealkylation sites (N-methyl/N-ethyl adjacent to an activating group) is 1. The molecule has 0 spiro atoms. The molecule has 15 heteroatoms. The summed E-state index contributed by atoms with van der Waals surface area (Å²) in [6.45, 7) is 1.50. The van der Waals surface area contributed by atoms with E-state index in [-0.39, 0.29) is 36.5 Å². The molecule has 5 atom stereocenters. The number of hydrogen-bond acceptors (Lipinski definition) is 11. The van der Waals surface area contributed by atoms with Gasteiger partial charge >= 0.3 is 6.09 Å². The second-order valence-corrected chi connectivity index (χ2v) is 12.2. The number of amides is 3. The quantitative estimate of drug-likeness (QED) is 0.304. The summed E-state index contributed by atoms with van der Waals surface area (Å²) in [7, 11) is 1.75. The smallest absolute Gasteiger partial charge is 0.409 e. The van der Waals surface area contributed by atoms with Gasteiger partial charge in [-0.05, 0) is 50.9 Å². The van der Waals surface area contributed by atoms with Crippen molar-refractivity contribution in [1.82, 2.24) is 34.6 Å². The second kappa shape index (κ2) is 12.2. The minimum absolute atomic E-state index is 0.0409. The first-order valence-corrected chi connectivity index (χ1v) is 15.2. The summed E-state index contributed by atoms with van der Waals surface area (Å²) in [6.07, 6.45) is 3.17. The van der Waals surface area contributed by atoms with Crippen molar-refractivity contribution < 1.29 is 34.1 Å². The van der Waals surface area contributed by atoms with Crippen molar-refractivity contribution in [2.45, 2.75) is 94.4 Å². The van der Waals surface area contributed by atoms with Crippen LogP contribution in [0.1, 0.15) is 63.4 Å². The molecule has 15 nitrogen and oxygen atoms in total. The van der Waals surface area contributed by atoms with E-state index in [4.69, 9.17) is 15.2 Å². The van der Waals surface area contributed by atoms with Crippen LogP contribution in [0.15, 0.2) is 6.33 Å². The lowest BCUT2D eigenvalue weighted by atomic mass is 9.91. The third-order valence-electron chi connectivity index (χ3n) is 9.11.